The van der Waals surface area contributed by atoms with E-state index in [1.54, 1.807) is 0 Å². The van der Waals surface area contributed by atoms with Crippen LogP contribution in [-0.2, 0) is 16.1 Å². The smallest absolute Gasteiger partial charge is 0.309 e. The molecule has 1 aliphatic rings. The minimum atomic E-state index is -0.528. The van der Waals surface area contributed by atoms with Crippen molar-refractivity contribution < 1.29 is 14.0 Å². The van der Waals surface area contributed by atoms with Gasteiger partial charge in [-0.3, -0.25) is 14.5 Å². The predicted octanol–water partition coefficient (Wildman–Crippen LogP) is 1.75. The monoisotopic (exact) mass is 335 g/mol. The molecule has 6 heteroatoms. The maximum atomic E-state index is 11.7. The number of carbonyl (C=O) groups is 2. The number of piperidine rings is 1. The first-order chi connectivity index (χ1) is 11.5. The quantitative estimate of drug-likeness (QED) is 0.777. The Morgan fingerprint density at radius 1 is 1.21 bits per heavy atom. The van der Waals surface area contributed by atoms with Crippen molar-refractivity contribution in [3.8, 4) is 0 Å². The van der Waals surface area contributed by atoms with Crippen LogP contribution in [0.2, 0.25) is 0 Å². The number of nitrogens with zero attached hydrogens (tertiary/aromatic N) is 1. The van der Waals surface area contributed by atoms with Crippen molar-refractivity contribution in [1.29, 1.82) is 0 Å². The second kappa shape index (κ2) is 8.87. The topological polar surface area (TPSA) is 74.6 Å². The van der Waals surface area contributed by atoms with E-state index in [0.29, 0.717) is 19.0 Å². The molecule has 24 heavy (non-hydrogen) atoms. The SMILES string of the molecule is CCCNC(=O)C(=O)NCC1CCN(Cc2cc(C)oc2C)CC1. The van der Waals surface area contributed by atoms with Crippen LogP contribution in [0, 0.1) is 19.8 Å². The molecule has 0 aromatic carbocycles. The van der Waals surface area contributed by atoms with Crippen molar-refractivity contribution >= 4 is 11.8 Å². The van der Waals surface area contributed by atoms with Gasteiger partial charge in [-0.05, 0) is 58.2 Å². The molecule has 0 atom stereocenters. The van der Waals surface area contributed by atoms with E-state index in [1.165, 1.54) is 5.56 Å². The van der Waals surface area contributed by atoms with Gasteiger partial charge in [0.2, 0.25) is 0 Å². The van der Waals surface area contributed by atoms with Gasteiger partial charge in [0.05, 0.1) is 0 Å². The van der Waals surface area contributed by atoms with Gasteiger partial charge in [0.1, 0.15) is 11.5 Å². The van der Waals surface area contributed by atoms with Gasteiger partial charge >= 0.3 is 11.8 Å². The van der Waals surface area contributed by atoms with E-state index in [-0.39, 0.29) is 0 Å². The highest BCUT2D eigenvalue weighted by Gasteiger charge is 2.22. The molecule has 1 saturated heterocycles. The van der Waals surface area contributed by atoms with E-state index in [9.17, 15) is 9.59 Å². The molecule has 1 aromatic heterocycles. The van der Waals surface area contributed by atoms with E-state index in [1.807, 2.05) is 20.8 Å². The second-order valence-corrected chi connectivity index (χ2v) is 6.62. The molecule has 6 nitrogen and oxygen atoms in total. The molecule has 0 radical (unpaired) electrons. The fraction of sp³-hybridized carbons (Fsp3) is 0.667. The molecular formula is C18H29N3O3. The van der Waals surface area contributed by atoms with Crippen molar-refractivity contribution in [2.45, 2.75) is 46.6 Å². The van der Waals surface area contributed by atoms with Crippen LogP contribution in [-0.4, -0.2) is 42.9 Å². The number of likely N-dealkylation sites (tertiary alicyclic amines) is 1. The van der Waals surface area contributed by atoms with E-state index in [4.69, 9.17) is 4.42 Å². The lowest BCUT2D eigenvalue weighted by Crippen LogP contribution is -2.43. The summed E-state index contributed by atoms with van der Waals surface area (Å²) in [5.74, 6) is 1.35. The molecule has 2 N–H and O–H groups in total. The second-order valence-electron chi connectivity index (χ2n) is 6.62. The van der Waals surface area contributed by atoms with Crippen LogP contribution >= 0.6 is 0 Å². The van der Waals surface area contributed by atoms with Crippen LogP contribution in [0.4, 0.5) is 0 Å². The van der Waals surface area contributed by atoms with Gasteiger partial charge in [-0.15, -0.1) is 0 Å². The van der Waals surface area contributed by atoms with Gasteiger partial charge in [0.25, 0.3) is 0 Å². The Hall–Kier alpha value is -1.82. The molecule has 2 heterocycles. The van der Waals surface area contributed by atoms with Crippen molar-refractivity contribution in [1.82, 2.24) is 15.5 Å². The summed E-state index contributed by atoms with van der Waals surface area (Å²) in [5.41, 5.74) is 1.26. The third kappa shape index (κ3) is 5.37. The summed E-state index contributed by atoms with van der Waals surface area (Å²) in [6, 6.07) is 2.11. The molecule has 0 unspecified atom stereocenters. The fourth-order valence-corrected chi connectivity index (χ4v) is 3.07. The lowest BCUT2D eigenvalue weighted by molar-refractivity contribution is -0.139. The summed E-state index contributed by atoms with van der Waals surface area (Å²) in [5, 5.41) is 5.35. The zero-order valence-corrected chi connectivity index (χ0v) is 15.0. The Bertz CT molecular complexity index is 560. The summed E-state index contributed by atoms with van der Waals surface area (Å²) in [6.45, 7) is 9.99. The van der Waals surface area contributed by atoms with Crippen molar-refractivity contribution in [3.63, 3.8) is 0 Å². The predicted molar refractivity (Wildman–Crippen MR) is 92.5 cm³/mol. The van der Waals surface area contributed by atoms with E-state index >= 15 is 0 Å². The number of aryl methyl sites for hydroxylation is 2. The van der Waals surface area contributed by atoms with Gasteiger partial charge < -0.3 is 15.1 Å². The van der Waals surface area contributed by atoms with Crippen molar-refractivity contribution in [3.05, 3.63) is 23.2 Å². The van der Waals surface area contributed by atoms with Crippen LogP contribution < -0.4 is 10.6 Å². The molecule has 0 spiro atoms. The number of carbonyl (C=O) groups excluding carboxylic acids is 2. The first-order valence-corrected chi connectivity index (χ1v) is 8.84. The van der Waals surface area contributed by atoms with Gasteiger partial charge in [-0.2, -0.15) is 0 Å². The standard InChI is InChI=1S/C18H29N3O3/c1-4-7-19-17(22)18(23)20-11-15-5-8-21(9-6-15)12-16-10-13(2)24-14(16)3/h10,15H,4-9,11-12H2,1-3H3,(H,19,22)(H,20,23). The van der Waals surface area contributed by atoms with Crippen LogP contribution in [0.3, 0.4) is 0 Å². The van der Waals surface area contributed by atoms with Crippen molar-refractivity contribution in [2.75, 3.05) is 26.2 Å². The Balaban J connectivity index is 1.68. The highest BCUT2D eigenvalue weighted by atomic mass is 16.3. The maximum Gasteiger partial charge on any atom is 0.309 e. The highest BCUT2D eigenvalue weighted by molar-refractivity contribution is 6.35. The minimum Gasteiger partial charge on any atom is -0.466 e. The Labute approximate surface area is 144 Å². The molecule has 0 aliphatic carbocycles. The molecule has 0 saturated carbocycles. The zero-order valence-electron chi connectivity index (χ0n) is 15.0. The Morgan fingerprint density at radius 2 is 1.88 bits per heavy atom. The molecule has 134 valence electrons. The van der Waals surface area contributed by atoms with Crippen LogP contribution in [0.5, 0.6) is 0 Å². The van der Waals surface area contributed by atoms with E-state index in [2.05, 4.69) is 21.6 Å². The summed E-state index contributed by atoms with van der Waals surface area (Å²) < 4.78 is 5.58. The number of furan rings is 1. The molecule has 1 fully saturated rings. The van der Waals surface area contributed by atoms with Gasteiger partial charge in [0.15, 0.2) is 0 Å². The van der Waals surface area contributed by atoms with Crippen molar-refractivity contribution in [2.24, 2.45) is 5.92 Å². The molecular weight excluding hydrogens is 306 g/mol. The maximum absolute atomic E-state index is 11.7. The fourth-order valence-electron chi connectivity index (χ4n) is 3.07. The van der Waals surface area contributed by atoms with Gasteiger partial charge in [-0.1, -0.05) is 6.92 Å². The summed E-state index contributed by atoms with van der Waals surface area (Å²) in [4.78, 5) is 25.6. The third-order valence-corrected chi connectivity index (χ3v) is 4.54. The number of rotatable bonds is 6. The van der Waals surface area contributed by atoms with Gasteiger partial charge in [0, 0.05) is 25.2 Å². The molecule has 2 amide bonds. The van der Waals surface area contributed by atoms with Crippen LogP contribution in [0.25, 0.3) is 0 Å². The van der Waals surface area contributed by atoms with E-state index < -0.39 is 11.8 Å². The van der Waals surface area contributed by atoms with Crippen LogP contribution in [0.15, 0.2) is 10.5 Å². The lowest BCUT2D eigenvalue weighted by atomic mass is 9.96. The number of nitrogens with one attached hydrogen (secondary N) is 2. The normalized spacial score (nSPS) is 16.1. The molecule has 1 aliphatic heterocycles. The molecule has 0 bridgehead atoms. The zero-order chi connectivity index (χ0) is 17.5. The van der Waals surface area contributed by atoms with E-state index in [0.717, 1.165) is 50.4 Å². The number of amides is 2. The highest BCUT2D eigenvalue weighted by Crippen LogP contribution is 2.21. The number of hydrogen-bond acceptors (Lipinski definition) is 4. The van der Waals surface area contributed by atoms with Gasteiger partial charge in [-0.25, -0.2) is 0 Å². The summed E-state index contributed by atoms with van der Waals surface area (Å²) in [6.07, 6.45) is 2.90. The first-order valence-electron chi connectivity index (χ1n) is 8.84. The first kappa shape index (κ1) is 18.5. The third-order valence-electron chi connectivity index (χ3n) is 4.54. The average Bonchev–Trinajstić information content (AvgIpc) is 2.89. The Kier molecular flexibility index (Phi) is 6.85. The largest absolute Gasteiger partial charge is 0.466 e. The Morgan fingerprint density at radius 3 is 2.46 bits per heavy atom. The number of hydrogen-bond donors (Lipinski definition) is 2. The lowest BCUT2D eigenvalue weighted by Gasteiger charge is -2.31. The summed E-state index contributed by atoms with van der Waals surface area (Å²) >= 11 is 0. The van der Waals surface area contributed by atoms with Crippen LogP contribution in [0.1, 0.15) is 43.3 Å². The molecule has 2 rings (SSSR count). The molecule has 1 aromatic rings. The summed E-state index contributed by atoms with van der Waals surface area (Å²) in [7, 11) is 0. The average molecular weight is 335 g/mol. The minimum absolute atomic E-state index is 0.441.